The lowest BCUT2D eigenvalue weighted by atomic mass is 10.1. The summed E-state index contributed by atoms with van der Waals surface area (Å²) >= 11 is 0. The van der Waals surface area contributed by atoms with Gasteiger partial charge in [-0.2, -0.15) is 4.31 Å². The molecule has 1 amide bonds. The van der Waals surface area contributed by atoms with Crippen molar-refractivity contribution < 1.29 is 23.2 Å². The molecule has 0 radical (unpaired) electrons. The lowest BCUT2D eigenvalue weighted by Gasteiger charge is -2.22. The number of hydroxylamine groups is 1. The van der Waals surface area contributed by atoms with Crippen LogP contribution in [-0.2, 0) is 21.4 Å². The number of nitrogens with zero attached hydrogens (tertiary/aromatic N) is 1. The number of sulfonamides is 1. The van der Waals surface area contributed by atoms with Crippen LogP contribution in [0.25, 0.3) is 0 Å². The van der Waals surface area contributed by atoms with Crippen molar-refractivity contribution in [2.45, 2.75) is 58.9 Å². The normalized spacial score (nSPS) is 11.6. The van der Waals surface area contributed by atoms with Gasteiger partial charge in [0.2, 0.25) is 10.0 Å². The molecule has 2 N–H and O–H groups in total. The number of rotatable bonds is 14. The summed E-state index contributed by atoms with van der Waals surface area (Å²) in [7, 11) is -3.64. The van der Waals surface area contributed by atoms with Crippen molar-refractivity contribution in [3.63, 3.8) is 0 Å². The van der Waals surface area contributed by atoms with Gasteiger partial charge in [0.25, 0.3) is 5.91 Å². The molecule has 0 unspecified atom stereocenters. The van der Waals surface area contributed by atoms with E-state index in [2.05, 4.69) is 6.92 Å². The van der Waals surface area contributed by atoms with Crippen LogP contribution in [0.3, 0.4) is 0 Å². The second kappa shape index (κ2) is 12.7. The van der Waals surface area contributed by atoms with E-state index in [0.717, 1.165) is 36.4 Å². The van der Waals surface area contributed by atoms with E-state index >= 15 is 0 Å². The summed E-state index contributed by atoms with van der Waals surface area (Å²) in [5.41, 5.74) is 2.18. The van der Waals surface area contributed by atoms with Gasteiger partial charge in [0.1, 0.15) is 5.75 Å². The Balaban J connectivity index is 2.82. The van der Waals surface area contributed by atoms with Crippen molar-refractivity contribution in [1.29, 1.82) is 0 Å². The second-order valence-electron chi connectivity index (χ2n) is 6.43. The van der Waals surface area contributed by atoms with Crippen LogP contribution in [0.15, 0.2) is 24.3 Å². The summed E-state index contributed by atoms with van der Waals surface area (Å²) in [5.74, 6) is -0.200. The van der Waals surface area contributed by atoms with Crippen LogP contribution in [-0.4, -0.2) is 42.7 Å². The van der Waals surface area contributed by atoms with E-state index < -0.39 is 22.5 Å². The van der Waals surface area contributed by atoms with Crippen molar-refractivity contribution in [2.24, 2.45) is 0 Å². The summed E-state index contributed by atoms with van der Waals surface area (Å²) < 4.78 is 32.2. The van der Waals surface area contributed by atoms with Crippen LogP contribution in [0, 0.1) is 0 Å². The molecule has 154 valence electrons. The largest absolute Gasteiger partial charge is 0.494 e. The highest BCUT2D eigenvalue weighted by molar-refractivity contribution is 7.89. The average Bonchev–Trinajstić information content (AvgIpc) is 2.65. The highest BCUT2D eigenvalue weighted by Gasteiger charge is 2.25. The Kier molecular flexibility index (Phi) is 11.0. The molecular formula is C19H32N2O5S. The number of hydrogen-bond acceptors (Lipinski definition) is 5. The van der Waals surface area contributed by atoms with Gasteiger partial charge >= 0.3 is 0 Å². The Morgan fingerprint density at radius 3 is 2.44 bits per heavy atom. The maximum Gasteiger partial charge on any atom is 0.258 e. The first-order valence-corrected chi connectivity index (χ1v) is 11.2. The smallest absolute Gasteiger partial charge is 0.258 e. The first kappa shape index (κ1) is 23.4. The molecule has 0 bridgehead atoms. The first-order valence-electron chi connectivity index (χ1n) is 9.56. The minimum atomic E-state index is -3.64. The fraction of sp³-hybridized carbons (Fsp3) is 0.632. The zero-order valence-electron chi connectivity index (χ0n) is 16.3. The lowest BCUT2D eigenvalue weighted by molar-refractivity contribution is -0.129. The van der Waals surface area contributed by atoms with Crippen LogP contribution >= 0.6 is 0 Å². The fourth-order valence-electron chi connectivity index (χ4n) is 2.76. The number of nitrogens with one attached hydrogen (secondary N) is 1. The average molecular weight is 401 g/mol. The molecule has 0 aliphatic rings. The molecule has 7 nitrogen and oxygen atoms in total. The van der Waals surface area contributed by atoms with Crippen LogP contribution in [0.2, 0.25) is 0 Å². The third kappa shape index (κ3) is 8.73. The maximum absolute atomic E-state index is 12.8. The standard InChI is InChI=1S/C19H32N2O5S/c1-3-5-6-7-8-11-14-27(24,25)21(16-19(22)20-23)15-17-12-9-10-13-18(17)26-4-2/h9-10,12-13,23H,3-8,11,14-16H2,1-2H3,(H,20,22). The Morgan fingerprint density at radius 1 is 1.11 bits per heavy atom. The molecule has 0 heterocycles. The van der Waals surface area contributed by atoms with E-state index in [1.165, 1.54) is 5.48 Å². The van der Waals surface area contributed by atoms with Gasteiger partial charge < -0.3 is 4.74 Å². The molecule has 0 aromatic heterocycles. The van der Waals surface area contributed by atoms with Gasteiger partial charge in [-0.15, -0.1) is 0 Å². The SMILES string of the molecule is CCCCCCCCS(=O)(=O)N(CC(=O)NO)Cc1ccccc1OCC. The van der Waals surface area contributed by atoms with Crippen molar-refractivity contribution in [3.8, 4) is 5.75 Å². The molecule has 8 heteroatoms. The van der Waals surface area contributed by atoms with Gasteiger partial charge in [-0.25, -0.2) is 13.9 Å². The number of hydrogen-bond donors (Lipinski definition) is 2. The number of para-hydroxylation sites is 1. The monoisotopic (exact) mass is 400 g/mol. The van der Waals surface area contributed by atoms with Gasteiger partial charge in [-0.05, 0) is 19.4 Å². The highest BCUT2D eigenvalue weighted by Crippen LogP contribution is 2.22. The number of amides is 1. The predicted octanol–water partition coefficient (Wildman–Crippen LogP) is 3.08. The summed E-state index contributed by atoms with van der Waals surface area (Å²) in [4.78, 5) is 11.6. The summed E-state index contributed by atoms with van der Waals surface area (Å²) in [6.07, 6.45) is 5.80. The van der Waals surface area contributed by atoms with E-state index in [1.807, 2.05) is 13.0 Å². The molecule has 27 heavy (non-hydrogen) atoms. The molecule has 1 aromatic rings. The van der Waals surface area contributed by atoms with Gasteiger partial charge in [-0.3, -0.25) is 10.0 Å². The predicted molar refractivity (Wildman–Crippen MR) is 105 cm³/mol. The van der Waals surface area contributed by atoms with Crippen molar-refractivity contribution in [3.05, 3.63) is 29.8 Å². The molecule has 0 atom stereocenters. The third-order valence-electron chi connectivity index (χ3n) is 4.21. The molecule has 0 fully saturated rings. The van der Waals surface area contributed by atoms with Crippen LogP contribution in [0.5, 0.6) is 5.75 Å². The molecule has 1 aromatic carbocycles. The summed E-state index contributed by atoms with van der Waals surface area (Å²) in [5, 5.41) is 8.81. The maximum atomic E-state index is 12.8. The molecule has 0 spiro atoms. The number of carbonyl (C=O) groups is 1. The van der Waals surface area contributed by atoms with E-state index in [0.29, 0.717) is 24.3 Å². The van der Waals surface area contributed by atoms with E-state index in [9.17, 15) is 13.2 Å². The molecule has 0 saturated carbocycles. The number of carbonyl (C=O) groups excluding carboxylic acids is 1. The molecule has 0 saturated heterocycles. The van der Waals surface area contributed by atoms with E-state index in [4.69, 9.17) is 9.94 Å². The van der Waals surface area contributed by atoms with Crippen molar-refractivity contribution in [1.82, 2.24) is 9.79 Å². The second-order valence-corrected chi connectivity index (χ2v) is 8.52. The topological polar surface area (TPSA) is 95.9 Å². The Bertz CT molecular complexity index is 664. The minimum absolute atomic E-state index is 0.0156. The highest BCUT2D eigenvalue weighted by atomic mass is 32.2. The molecule has 0 aliphatic carbocycles. The Morgan fingerprint density at radius 2 is 1.78 bits per heavy atom. The van der Waals surface area contributed by atoms with E-state index in [1.54, 1.807) is 18.2 Å². The van der Waals surface area contributed by atoms with Crippen LogP contribution in [0.4, 0.5) is 0 Å². The quantitative estimate of drug-likeness (QED) is 0.284. The van der Waals surface area contributed by atoms with Gasteiger partial charge in [-0.1, -0.05) is 57.2 Å². The number of benzene rings is 1. The lowest BCUT2D eigenvalue weighted by Crippen LogP contribution is -2.40. The molecular weight excluding hydrogens is 368 g/mol. The van der Waals surface area contributed by atoms with Crippen molar-refractivity contribution in [2.75, 3.05) is 18.9 Å². The fourth-order valence-corrected chi connectivity index (χ4v) is 4.24. The summed E-state index contributed by atoms with van der Waals surface area (Å²) in [6.45, 7) is 4.02. The summed E-state index contributed by atoms with van der Waals surface area (Å²) in [6, 6.07) is 7.14. The van der Waals surface area contributed by atoms with Crippen LogP contribution in [0.1, 0.15) is 57.9 Å². The van der Waals surface area contributed by atoms with Crippen molar-refractivity contribution >= 4 is 15.9 Å². The molecule has 1 rings (SSSR count). The van der Waals surface area contributed by atoms with Gasteiger partial charge in [0, 0.05) is 12.1 Å². The zero-order chi connectivity index (χ0) is 20.1. The van der Waals surface area contributed by atoms with Gasteiger partial charge in [0.15, 0.2) is 0 Å². The Labute approximate surface area is 162 Å². The molecule has 0 aliphatic heterocycles. The Hall–Kier alpha value is -1.64. The first-order chi connectivity index (χ1) is 12.9. The number of unbranched alkanes of at least 4 members (excludes halogenated alkanes) is 5. The van der Waals surface area contributed by atoms with E-state index in [-0.39, 0.29) is 12.3 Å². The third-order valence-corrected chi connectivity index (χ3v) is 6.06. The minimum Gasteiger partial charge on any atom is -0.494 e. The van der Waals surface area contributed by atoms with Crippen LogP contribution < -0.4 is 10.2 Å². The number of ether oxygens (including phenoxy) is 1. The zero-order valence-corrected chi connectivity index (χ0v) is 17.1. The van der Waals surface area contributed by atoms with Gasteiger partial charge in [0.05, 0.1) is 18.9 Å².